The monoisotopic (exact) mass is 314 g/mol. The van der Waals surface area contributed by atoms with Crippen LogP contribution in [0.25, 0.3) is 0 Å². The van der Waals surface area contributed by atoms with E-state index >= 15 is 0 Å². The predicted molar refractivity (Wildman–Crippen MR) is 86.6 cm³/mol. The number of amides is 1. The van der Waals surface area contributed by atoms with Gasteiger partial charge in [0.05, 0.1) is 11.7 Å². The van der Waals surface area contributed by atoms with Crippen LogP contribution in [0.3, 0.4) is 0 Å². The van der Waals surface area contributed by atoms with Gasteiger partial charge < -0.3 is 10.6 Å². The molecular weight excluding hydrogens is 288 g/mol. The van der Waals surface area contributed by atoms with E-state index in [4.69, 9.17) is 0 Å². The Morgan fingerprint density at radius 3 is 2.48 bits per heavy atom. The number of nitrogens with one attached hydrogen (secondary N) is 2. The fourth-order valence-corrected chi connectivity index (χ4v) is 2.85. The van der Waals surface area contributed by atoms with Gasteiger partial charge >= 0.3 is 0 Å². The Morgan fingerprint density at radius 1 is 1.48 bits per heavy atom. The van der Waals surface area contributed by atoms with Crippen LogP contribution in [0.2, 0.25) is 0 Å². The van der Waals surface area contributed by atoms with E-state index in [9.17, 15) is 4.79 Å². The highest BCUT2D eigenvalue weighted by Gasteiger charge is 2.30. The number of hydrogen-bond acceptors (Lipinski definition) is 3. The van der Waals surface area contributed by atoms with Crippen LogP contribution in [0.1, 0.15) is 43.3 Å². The number of halogens is 1. The van der Waals surface area contributed by atoms with Crippen molar-refractivity contribution in [1.82, 2.24) is 20.4 Å². The first-order valence-electron chi connectivity index (χ1n) is 7.46. The first kappa shape index (κ1) is 18.0. The largest absolute Gasteiger partial charge is 0.349 e. The van der Waals surface area contributed by atoms with Gasteiger partial charge in [-0.25, -0.2) is 0 Å². The first-order chi connectivity index (χ1) is 9.45. The molecule has 1 amide bonds. The zero-order chi connectivity index (χ0) is 14.9. The summed E-state index contributed by atoms with van der Waals surface area (Å²) in [5.41, 5.74) is 3.31. The summed E-state index contributed by atoms with van der Waals surface area (Å²) in [6.45, 7) is 10.1. The summed E-state index contributed by atoms with van der Waals surface area (Å²) in [4.78, 5) is 12.4. The molecule has 1 aliphatic rings. The van der Waals surface area contributed by atoms with E-state index in [2.05, 4.69) is 29.6 Å². The summed E-state index contributed by atoms with van der Waals surface area (Å²) >= 11 is 0. The van der Waals surface area contributed by atoms with E-state index < -0.39 is 0 Å². The molecular formula is C15H27ClN4O. The van der Waals surface area contributed by atoms with Crippen molar-refractivity contribution in [3.05, 3.63) is 17.0 Å². The van der Waals surface area contributed by atoms with Crippen LogP contribution in [0.5, 0.6) is 0 Å². The molecule has 120 valence electrons. The van der Waals surface area contributed by atoms with Crippen molar-refractivity contribution in [1.29, 1.82) is 0 Å². The lowest BCUT2D eigenvalue weighted by atomic mass is 9.88. The number of aryl methyl sites for hydroxylation is 2. The summed E-state index contributed by atoms with van der Waals surface area (Å²) in [6, 6.07) is 0.0617. The van der Waals surface area contributed by atoms with Crippen LogP contribution in [0.4, 0.5) is 0 Å². The molecule has 1 aromatic rings. The van der Waals surface area contributed by atoms with Gasteiger partial charge in [-0.15, -0.1) is 12.4 Å². The third-order valence-electron chi connectivity index (χ3n) is 4.57. The molecule has 6 heteroatoms. The summed E-state index contributed by atoms with van der Waals surface area (Å²) in [6.07, 6.45) is 0.884. The van der Waals surface area contributed by atoms with Crippen LogP contribution in [0.15, 0.2) is 0 Å². The molecule has 1 aliphatic heterocycles. The van der Waals surface area contributed by atoms with Gasteiger partial charge in [0.25, 0.3) is 0 Å². The molecule has 0 spiro atoms. The standard InChI is InChI=1S/C15H26N4O.ClH/c1-6-13(14-10(3)18-19(5)11(14)4)17-15(20)9(2)12-7-16-8-12;/h9,12-13,16H,6-8H2,1-5H3,(H,17,20);1H. The molecule has 0 bridgehead atoms. The lowest BCUT2D eigenvalue weighted by Crippen LogP contribution is -2.50. The Morgan fingerprint density at radius 2 is 2.10 bits per heavy atom. The number of carbonyl (C=O) groups is 1. The molecule has 1 fully saturated rings. The van der Waals surface area contributed by atoms with Crippen LogP contribution in [-0.2, 0) is 11.8 Å². The molecule has 0 saturated carbocycles. The maximum atomic E-state index is 12.4. The van der Waals surface area contributed by atoms with Crippen molar-refractivity contribution in [2.45, 2.75) is 40.2 Å². The van der Waals surface area contributed by atoms with Gasteiger partial charge in [-0.1, -0.05) is 13.8 Å². The minimum atomic E-state index is 0. The molecule has 2 heterocycles. The zero-order valence-electron chi connectivity index (χ0n) is 13.6. The average molecular weight is 315 g/mol. The maximum absolute atomic E-state index is 12.4. The summed E-state index contributed by atoms with van der Waals surface area (Å²) < 4.78 is 1.89. The molecule has 2 N–H and O–H groups in total. The Bertz CT molecular complexity index is 496. The van der Waals surface area contributed by atoms with Gasteiger partial charge in [-0.2, -0.15) is 5.10 Å². The predicted octanol–water partition coefficient (Wildman–Crippen LogP) is 1.88. The molecule has 5 nitrogen and oxygen atoms in total. The minimum Gasteiger partial charge on any atom is -0.349 e. The SMILES string of the molecule is CCC(NC(=O)C(C)C1CNC1)c1c(C)nn(C)c1C.Cl. The molecule has 0 aliphatic carbocycles. The first-order valence-corrected chi connectivity index (χ1v) is 7.46. The summed E-state index contributed by atoms with van der Waals surface area (Å²) in [5, 5.41) is 10.9. The number of rotatable bonds is 5. The quantitative estimate of drug-likeness (QED) is 0.872. The molecule has 2 unspecified atom stereocenters. The van der Waals surface area contributed by atoms with Crippen molar-refractivity contribution in [3.8, 4) is 0 Å². The second-order valence-electron chi connectivity index (χ2n) is 5.88. The van der Waals surface area contributed by atoms with Gasteiger partial charge in [0.15, 0.2) is 0 Å². The number of nitrogens with zero attached hydrogens (tertiary/aromatic N) is 2. The molecule has 1 saturated heterocycles. The molecule has 0 aromatic carbocycles. The maximum Gasteiger partial charge on any atom is 0.223 e. The van der Waals surface area contributed by atoms with E-state index in [0.29, 0.717) is 5.92 Å². The third-order valence-corrected chi connectivity index (χ3v) is 4.57. The van der Waals surface area contributed by atoms with E-state index in [1.165, 1.54) is 5.56 Å². The van der Waals surface area contributed by atoms with Crippen molar-refractivity contribution >= 4 is 18.3 Å². The number of aromatic nitrogens is 2. The Labute approximate surface area is 133 Å². The van der Waals surface area contributed by atoms with Crippen molar-refractivity contribution in [2.75, 3.05) is 13.1 Å². The molecule has 0 radical (unpaired) electrons. The lowest BCUT2D eigenvalue weighted by molar-refractivity contribution is -0.127. The van der Waals surface area contributed by atoms with E-state index in [1.54, 1.807) is 0 Å². The highest BCUT2D eigenvalue weighted by molar-refractivity contribution is 5.85. The topological polar surface area (TPSA) is 59.0 Å². The highest BCUT2D eigenvalue weighted by Crippen LogP contribution is 2.25. The third kappa shape index (κ3) is 3.58. The average Bonchev–Trinajstić information content (AvgIpc) is 2.58. The Kier molecular flexibility index (Phi) is 6.23. The second kappa shape index (κ2) is 7.27. The minimum absolute atomic E-state index is 0. The normalized spacial score (nSPS) is 17.6. The van der Waals surface area contributed by atoms with Crippen LogP contribution in [0, 0.1) is 25.7 Å². The number of carbonyl (C=O) groups excluding carboxylic acids is 1. The summed E-state index contributed by atoms with van der Waals surface area (Å²) in [7, 11) is 1.95. The smallest absolute Gasteiger partial charge is 0.223 e. The molecule has 21 heavy (non-hydrogen) atoms. The van der Waals surface area contributed by atoms with Crippen molar-refractivity contribution in [3.63, 3.8) is 0 Å². The summed E-state index contributed by atoms with van der Waals surface area (Å²) in [5.74, 6) is 0.706. The molecule has 2 atom stereocenters. The second-order valence-corrected chi connectivity index (χ2v) is 5.88. The molecule has 1 aromatic heterocycles. The van der Waals surface area contributed by atoms with Crippen molar-refractivity contribution in [2.24, 2.45) is 18.9 Å². The fraction of sp³-hybridized carbons (Fsp3) is 0.733. The van der Waals surface area contributed by atoms with E-state index in [1.807, 2.05) is 25.6 Å². The Balaban J connectivity index is 0.00000220. The van der Waals surface area contributed by atoms with E-state index in [0.717, 1.165) is 30.9 Å². The molecule has 2 rings (SSSR count). The van der Waals surface area contributed by atoms with Crippen LogP contribution < -0.4 is 10.6 Å². The van der Waals surface area contributed by atoms with Gasteiger partial charge in [0.2, 0.25) is 5.91 Å². The van der Waals surface area contributed by atoms with Gasteiger partial charge in [0.1, 0.15) is 0 Å². The van der Waals surface area contributed by atoms with Gasteiger partial charge in [0, 0.05) is 24.2 Å². The zero-order valence-corrected chi connectivity index (χ0v) is 14.4. The highest BCUT2D eigenvalue weighted by atomic mass is 35.5. The van der Waals surface area contributed by atoms with Gasteiger partial charge in [-0.3, -0.25) is 9.48 Å². The van der Waals surface area contributed by atoms with Gasteiger partial charge in [-0.05, 0) is 39.3 Å². The van der Waals surface area contributed by atoms with Crippen molar-refractivity contribution < 1.29 is 4.79 Å². The van der Waals surface area contributed by atoms with E-state index in [-0.39, 0.29) is 30.3 Å². The number of hydrogen-bond donors (Lipinski definition) is 2. The van der Waals surface area contributed by atoms with Crippen LogP contribution >= 0.6 is 12.4 Å². The Hall–Kier alpha value is -1.07. The lowest BCUT2D eigenvalue weighted by Gasteiger charge is -2.32. The fourth-order valence-electron chi connectivity index (χ4n) is 2.85. The van der Waals surface area contributed by atoms with Crippen LogP contribution in [-0.4, -0.2) is 28.8 Å².